The summed E-state index contributed by atoms with van der Waals surface area (Å²) in [5.41, 5.74) is 0.838. The second-order valence-electron chi connectivity index (χ2n) is 11.9. The Bertz CT molecular complexity index is 1010. The maximum atomic E-state index is 12.3. The highest BCUT2D eigenvalue weighted by molar-refractivity contribution is 6.19. The van der Waals surface area contributed by atoms with Crippen molar-refractivity contribution in [1.29, 1.82) is 0 Å². The number of hydrogen-bond acceptors (Lipinski definition) is 7. The summed E-state index contributed by atoms with van der Waals surface area (Å²) in [5.74, 6) is 2.50. The molecular formula is C39H67N3O4. The number of nitrogens with zero attached hydrogens (tertiary/aromatic N) is 1. The van der Waals surface area contributed by atoms with Crippen LogP contribution in [0.2, 0.25) is 0 Å². The largest absolute Gasteiger partial charge is 0.470 e. The van der Waals surface area contributed by atoms with Gasteiger partial charge in [-0.2, -0.15) is 0 Å². The Morgan fingerprint density at radius 2 is 1.48 bits per heavy atom. The number of rotatable bonds is 23. The normalized spacial score (nSPS) is 13.5. The Labute approximate surface area is 282 Å². The van der Waals surface area contributed by atoms with E-state index >= 15 is 0 Å². The van der Waals surface area contributed by atoms with Gasteiger partial charge >= 0.3 is 0 Å². The summed E-state index contributed by atoms with van der Waals surface area (Å²) in [6.07, 6.45) is 21.8. The van der Waals surface area contributed by atoms with Gasteiger partial charge < -0.3 is 19.8 Å². The molecule has 1 aliphatic rings. The highest BCUT2D eigenvalue weighted by Crippen LogP contribution is 2.15. The zero-order valence-corrected chi connectivity index (χ0v) is 30.4. The molecular weight excluding hydrogens is 574 g/mol. The lowest BCUT2D eigenvalue weighted by atomic mass is 10.0. The Hall–Kier alpha value is -3.06. The number of allylic oxidation sites excluding steroid dienone is 4. The highest BCUT2D eigenvalue weighted by atomic mass is 16.5. The Kier molecular flexibility index (Phi) is 27.4. The van der Waals surface area contributed by atoms with Crippen molar-refractivity contribution >= 4 is 11.6 Å². The molecule has 0 saturated heterocycles. The van der Waals surface area contributed by atoms with E-state index in [4.69, 9.17) is 9.15 Å². The van der Waals surface area contributed by atoms with Crippen molar-refractivity contribution in [3.63, 3.8) is 0 Å². The van der Waals surface area contributed by atoms with E-state index in [0.717, 1.165) is 82.6 Å². The molecule has 2 rings (SSSR count). The molecule has 7 heteroatoms. The number of ether oxygens (including phenoxy) is 1. The molecule has 0 aromatic carbocycles. The number of nitrogens with one attached hydrogen (secondary N) is 2. The van der Waals surface area contributed by atoms with E-state index in [1.54, 1.807) is 6.26 Å². The lowest BCUT2D eigenvalue weighted by Gasteiger charge is -2.19. The summed E-state index contributed by atoms with van der Waals surface area (Å²) in [7, 11) is 0. The van der Waals surface area contributed by atoms with E-state index in [-0.39, 0.29) is 11.6 Å². The summed E-state index contributed by atoms with van der Waals surface area (Å²) in [4.78, 5) is 27.0. The summed E-state index contributed by atoms with van der Waals surface area (Å²) < 4.78 is 10.6. The SMILES string of the molecule is C=CO/C(=C\C)CC(C)CC.CCC.CCCCCCCNC1=CC(=O)C(NCCCCCCN(CC)Cc2ccco2)=CC1=O. The average molecular weight is 642 g/mol. The van der Waals surface area contributed by atoms with Crippen molar-refractivity contribution < 1.29 is 18.7 Å². The molecule has 1 aliphatic carbocycles. The molecule has 0 radical (unpaired) electrons. The molecule has 2 N–H and O–H groups in total. The van der Waals surface area contributed by atoms with Gasteiger partial charge in [-0.3, -0.25) is 14.5 Å². The van der Waals surface area contributed by atoms with Gasteiger partial charge in [0.25, 0.3) is 0 Å². The lowest BCUT2D eigenvalue weighted by Crippen LogP contribution is -2.30. The molecule has 0 bridgehead atoms. The maximum Gasteiger partial charge on any atom is 0.203 e. The van der Waals surface area contributed by atoms with E-state index in [1.165, 1.54) is 50.5 Å². The number of carbonyl (C=O) groups is 2. The van der Waals surface area contributed by atoms with Gasteiger partial charge in [0.1, 0.15) is 5.76 Å². The van der Waals surface area contributed by atoms with E-state index < -0.39 is 0 Å². The van der Waals surface area contributed by atoms with Crippen LogP contribution in [0.1, 0.15) is 131 Å². The van der Waals surface area contributed by atoms with Gasteiger partial charge in [0.2, 0.25) is 11.6 Å². The fraction of sp³-hybridized carbons (Fsp3) is 0.641. The predicted octanol–water partition coefficient (Wildman–Crippen LogP) is 9.63. The second-order valence-corrected chi connectivity index (χ2v) is 11.9. The monoisotopic (exact) mass is 642 g/mol. The van der Waals surface area contributed by atoms with Crippen molar-refractivity contribution in [2.75, 3.05) is 26.2 Å². The molecule has 262 valence electrons. The zero-order valence-electron chi connectivity index (χ0n) is 30.4. The van der Waals surface area contributed by atoms with E-state index in [2.05, 4.69) is 63.7 Å². The van der Waals surface area contributed by atoms with Crippen LogP contribution in [-0.2, 0) is 20.9 Å². The van der Waals surface area contributed by atoms with E-state index in [1.807, 2.05) is 25.1 Å². The Morgan fingerprint density at radius 3 is 1.93 bits per heavy atom. The van der Waals surface area contributed by atoms with Crippen LogP contribution in [0.15, 0.2) is 71.0 Å². The van der Waals surface area contributed by atoms with Gasteiger partial charge in [0.05, 0.1) is 36.2 Å². The Balaban J connectivity index is 0.00000121. The molecule has 0 spiro atoms. The molecule has 1 atom stereocenters. The maximum absolute atomic E-state index is 12.3. The predicted molar refractivity (Wildman–Crippen MR) is 194 cm³/mol. The standard InChI is InChI=1S/C26H41N3O3.C10H18O.C3H8/c1-3-5-6-7-10-15-27-23-19-26(31)24(20-25(23)30)28-16-11-8-9-12-17-29(4-2)21-22-14-13-18-32-22;1-5-9(4)8-10(6-2)11-7-3;1-3-2/h13-14,18-20,27-28H,3-12,15-17,21H2,1-2H3;6-7,9H,3,5,8H2,1-2,4H3;3H2,1-2H3/b;10-6-;. The van der Waals surface area contributed by atoms with Crippen molar-refractivity contribution in [2.24, 2.45) is 5.92 Å². The third-order valence-electron chi connectivity index (χ3n) is 7.60. The average Bonchev–Trinajstić information content (AvgIpc) is 3.57. The van der Waals surface area contributed by atoms with Gasteiger partial charge in [0, 0.05) is 31.7 Å². The van der Waals surface area contributed by atoms with Crippen molar-refractivity contribution in [3.8, 4) is 0 Å². The quantitative estimate of drug-likeness (QED) is 0.0699. The van der Waals surface area contributed by atoms with Crippen molar-refractivity contribution in [1.82, 2.24) is 15.5 Å². The Morgan fingerprint density at radius 1 is 0.913 bits per heavy atom. The first-order valence-corrected chi connectivity index (χ1v) is 18.0. The van der Waals surface area contributed by atoms with Crippen LogP contribution in [0.4, 0.5) is 0 Å². The van der Waals surface area contributed by atoms with Crippen LogP contribution in [0.5, 0.6) is 0 Å². The lowest BCUT2D eigenvalue weighted by molar-refractivity contribution is -0.115. The molecule has 0 saturated carbocycles. The minimum Gasteiger partial charge on any atom is -0.470 e. The first-order valence-electron chi connectivity index (χ1n) is 18.0. The van der Waals surface area contributed by atoms with E-state index in [0.29, 0.717) is 23.9 Å². The third-order valence-corrected chi connectivity index (χ3v) is 7.60. The zero-order chi connectivity index (χ0) is 34.4. The topological polar surface area (TPSA) is 83.8 Å². The molecule has 1 unspecified atom stereocenters. The molecule has 1 aromatic heterocycles. The van der Waals surface area contributed by atoms with Gasteiger partial charge in [-0.05, 0) is 63.4 Å². The number of furan rings is 1. The molecule has 0 amide bonds. The highest BCUT2D eigenvalue weighted by Gasteiger charge is 2.19. The summed E-state index contributed by atoms with van der Waals surface area (Å²) in [6.45, 7) is 22.9. The molecule has 1 aromatic rings. The summed E-state index contributed by atoms with van der Waals surface area (Å²) >= 11 is 0. The van der Waals surface area contributed by atoms with Crippen molar-refractivity contribution in [2.45, 2.75) is 132 Å². The van der Waals surface area contributed by atoms with Crippen LogP contribution in [0.3, 0.4) is 0 Å². The number of carbonyl (C=O) groups excluding carboxylic acids is 2. The fourth-order valence-corrected chi connectivity index (χ4v) is 4.63. The summed E-state index contributed by atoms with van der Waals surface area (Å²) in [5, 5.41) is 6.27. The van der Waals surface area contributed by atoms with Gasteiger partial charge in [-0.15, -0.1) is 0 Å². The van der Waals surface area contributed by atoms with Gasteiger partial charge in [-0.1, -0.05) is 99.5 Å². The molecule has 1 heterocycles. The minimum atomic E-state index is -0.116. The number of hydrogen-bond donors (Lipinski definition) is 2. The second kappa shape index (κ2) is 29.3. The van der Waals surface area contributed by atoms with Gasteiger partial charge in [0.15, 0.2) is 0 Å². The van der Waals surface area contributed by atoms with Crippen LogP contribution >= 0.6 is 0 Å². The van der Waals surface area contributed by atoms with Crippen LogP contribution in [0, 0.1) is 5.92 Å². The minimum absolute atomic E-state index is 0.114. The van der Waals surface area contributed by atoms with Crippen molar-refractivity contribution in [3.05, 3.63) is 72.4 Å². The smallest absolute Gasteiger partial charge is 0.203 e. The van der Waals surface area contributed by atoms with Crippen LogP contribution in [0.25, 0.3) is 0 Å². The van der Waals surface area contributed by atoms with Crippen LogP contribution in [-0.4, -0.2) is 42.6 Å². The molecule has 46 heavy (non-hydrogen) atoms. The van der Waals surface area contributed by atoms with Gasteiger partial charge in [-0.25, -0.2) is 0 Å². The molecule has 0 fully saturated rings. The first-order chi connectivity index (χ1) is 22.3. The molecule has 0 aliphatic heterocycles. The summed E-state index contributed by atoms with van der Waals surface area (Å²) in [6, 6.07) is 3.95. The fourth-order valence-electron chi connectivity index (χ4n) is 4.63. The third kappa shape index (κ3) is 21.6. The number of ketones is 2. The number of unbranched alkanes of at least 4 members (excludes halogenated alkanes) is 7. The molecule has 7 nitrogen and oxygen atoms in total. The van der Waals surface area contributed by atoms with Crippen LogP contribution < -0.4 is 10.6 Å². The van der Waals surface area contributed by atoms with E-state index in [9.17, 15) is 9.59 Å². The first kappa shape index (κ1) is 42.9.